The van der Waals surface area contributed by atoms with Gasteiger partial charge in [-0.3, -0.25) is 0 Å². The van der Waals surface area contributed by atoms with E-state index in [4.69, 9.17) is 43.6 Å². The summed E-state index contributed by atoms with van der Waals surface area (Å²) >= 11 is 0. The van der Waals surface area contributed by atoms with E-state index in [1.54, 1.807) is 0 Å². The molecule has 3 aromatic rings. The SMILES string of the molecule is [B]c1c(C)c(C)c2c(oc3c([B])c([B])c([B])c(C(C)(C)C)c32)c1[B]. The van der Waals surface area contributed by atoms with Gasteiger partial charge >= 0.3 is 0 Å². The fourth-order valence-electron chi connectivity index (χ4n) is 3.44. The average Bonchev–Trinajstić information content (AvgIpc) is 2.87. The smallest absolute Gasteiger partial charge is 0.128 e. The van der Waals surface area contributed by atoms with Crippen LogP contribution in [-0.2, 0) is 5.41 Å². The molecule has 0 fully saturated rings. The molecule has 0 saturated heterocycles. The van der Waals surface area contributed by atoms with E-state index in [0.717, 1.165) is 27.5 Å². The molecule has 1 nitrogen and oxygen atoms in total. The van der Waals surface area contributed by atoms with Crippen LogP contribution in [0.15, 0.2) is 4.42 Å². The lowest BCUT2D eigenvalue weighted by molar-refractivity contribution is 0.599. The van der Waals surface area contributed by atoms with Crippen molar-refractivity contribution in [1.29, 1.82) is 0 Å². The Labute approximate surface area is 150 Å². The highest BCUT2D eigenvalue weighted by atomic mass is 16.3. The van der Waals surface area contributed by atoms with Crippen LogP contribution >= 0.6 is 0 Å². The van der Waals surface area contributed by atoms with Crippen LogP contribution in [0.3, 0.4) is 0 Å². The van der Waals surface area contributed by atoms with Crippen LogP contribution in [0.1, 0.15) is 37.5 Å². The van der Waals surface area contributed by atoms with Gasteiger partial charge in [-0.05, 0) is 30.4 Å². The number of hydrogen-bond donors (Lipinski definition) is 0. The highest BCUT2D eigenvalue weighted by Gasteiger charge is 2.27. The summed E-state index contributed by atoms with van der Waals surface area (Å²) in [6.45, 7) is 10.2. The van der Waals surface area contributed by atoms with E-state index in [0.29, 0.717) is 38.5 Å². The minimum atomic E-state index is -0.253. The molecule has 0 aliphatic heterocycles. The fourth-order valence-corrected chi connectivity index (χ4v) is 3.44. The number of hydrogen-bond acceptors (Lipinski definition) is 1. The van der Waals surface area contributed by atoms with Crippen molar-refractivity contribution in [2.24, 2.45) is 0 Å². The van der Waals surface area contributed by atoms with Gasteiger partial charge in [0.1, 0.15) is 50.4 Å². The third-order valence-corrected chi connectivity index (χ3v) is 4.88. The number of fused-ring (bicyclic) bond motifs is 3. The summed E-state index contributed by atoms with van der Waals surface area (Å²) in [7, 11) is 31.0. The van der Waals surface area contributed by atoms with Gasteiger partial charge in [-0.2, -0.15) is 0 Å². The molecule has 0 bridgehead atoms. The fraction of sp³-hybridized carbons (Fsp3) is 0.333. The monoisotopic (exact) mass is 302 g/mol. The summed E-state index contributed by atoms with van der Waals surface area (Å²) in [5.74, 6) is 0. The molecular weight excluding hydrogens is 286 g/mol. The summed E-state index contributed by atoms with van der Waals surface area (Å²) in [6.07, 6.45) is 0. The Morgan fingerprint density at radius 1 is 0.625 bits per heavy atom. The topological polar surface area (TPSA) is 13.1 Å². The maximum atomic E-state index is 6.34. The number of rotatable bonds is 0. The van der Waals surface area contributed by atoms with E-state index in [1.807, 2.05) is 13.8 Å². The Bertz CT molecular complexity index is 1010. The highest BCUT2D eigenvalue weighted by molar-refractivity contribution is 6.61. The van der Waals surface area contributed by atoms with E-state index < -0.39 is 0 Å². The molecule has 0 amide bonds. The number of benzene rings is 2. The van der Waals surface area contributed by atoms with Crippen molar-refractivity contribution in [3.05, 3.63) is 16.7 Å². The molecule has 0 unspecified atom stereocenters. The zero-order valence-electron chi connectivity index (χ0n) is 14.8. The van der Waals surface area contributed by atoms with Crippen LogP contribution in [0, 0.1) is 13.8 Å². The molecule has 10 radical (unpaired) electrons. The number of aryl methyl sites for hydroxylation is 1. The number of furan rings is 1. The second kappa shape index (κ2) is 5.28. The van der Waals surface area contributed by atoms with E-state index in [9.17, 15) is 0 Å². The van der Waals surface area contributed by atoms with Crippen LogP contribution < -0.4 is 27.3 Å². The van der Waals surface area contributed by atoms with Gasteiger partial charge in [-0.1, -0.05) is 48.2 Å². The maximum Gasteiger partial charge on any atom is 0.128 e. The van der Waals surface area contributed by atoms with E-state index >= 15 is 0 Å². The third kappa shape index (κ3) is 2.15. The highest BCUT2D eigenvalue weighted by Crippen LogP contribution is 2.36. The second-order valence-electron chi connectivity index (χ2n) is 7.45. The Balaban J connectivity index is 2.76. The molecule has 6 heteroatoms. The van der Waals surface area contributed by atoms with Crippen molar-refractivity contribution < 1.29 is 4.42 Å². The molecule has 0 atom stereocenters. The van der Waals surface area contributed by atoms with E-state index in [-0.39, 0.29) is 5.41 Å². The standard InChI is InChI=1S/C18H15B5O/c1-6-7(2)11(19)14(22)16-8(6)9-10(18(3,4)5)12(20)13(21)15(23)17(9)24-16/h1-5H3. The molecule has 0 aliphatic carbocycles. The van der Waals surface area contributed by atoms with Crippen LogP contribution in [0.5, 0.6) is 0 Å². The molecular formula is C18H15B5O. The molecule has 2 aromatic carbocycles. The predicted octanol–water partition coefficient (Wildman–Crippen LogP) is -0.531. The van der Waals surface area contributed by atoms with Gasteiger partial charge in [0.2, 0.25) is 0 Å². The van der Waals surface area contributed by atoms with Crippen LogP contribution in [0.4, 0.5) is 0 Å². The lowest BCUT2D eigenvalue weighted by Gasteiger charge is -2.26. The van der Waals surface area contributed by atoms with Crippen molar-refractivity contribution in [3.8, 4) is 0 Å². The van der Waals surface area contributed by atoms with Gasteiger partial charge in [-0.25, -0.2) is 0 Å². The maximum absolute atomic E-state index is 6.34. The minimum Gasteiger partial charge on any atom is -0.457 e. The van der Waals surface area contributed by atoms with Gasteiger partial charge in [0.25, 0.3) is 0 Å². The van der Waals surface area contributed by atoms with Crippen molar-refractivity contribution in [1.82, 2.24) is 0 Å². The zero-order chi connectivity index (χ0) is 18.1. The quantitative estimate of drug-likeness (QED) is 0.509. The first kappa shape index (κ1) is 17.4. The first-order valence-electron chi connectivity index (χ1n) is 7.85. The largest absolute Gasteiger partial charge is 0.457 e. The Kier molecular flexibility index (Phi) is 3.82. The van der Waals surface area contributed by atoms with Crippen molar-refractivity contribution in [2.75, 3.05) is 0 Å². The molecule has 0 N–H and O–H groups in total. The first-order chi connectivity index (χ1) is 11.0. The van der Waals surface area contributed by atoms with E-state index in [2.05, 4.69) is 20.8 Å². The lowest BCUT2D eigenvalue weighted by atomic mass is 9.64. The van der Waals surface area contributed by atoms with Gasteiger partial charge in [-0.15, -0.1) is 5.46 Å². The summed E-state index contributed by atoms with van der Waals surface area (Å²) in [6, 6.07) is 0. The van der Waals surface area contributed by atoms with Gasteiger partial charge < -0.3 is 4.42 Å². The Morgan fingerprint density at radius 2 is 1.12 bits per heavy atom. The zero-order valence-corrected chi connectivity index (χ0v) is 14.8. The van der Waals surface area contributed by atoms with Crippen molar-refractivity contribution in [2.45, 2.75) is 40.0 Å². The van der Waals surface area contributed by atoms with Crippen LogP contribution in [-0.4, -0.2) is 39.2 Å². The van der Waals surface area contributed by atoms with Gasteiger partial charge in [0.05, 0.1) is 0 Å². The van der Waals surface area contributed by atoms with E-state index in [1.165, 1.54) is 0 Å². The summed E-state index contributed by atoms with van der Waals surface area (Å²) in [5, 5.41) is 1.77. The normalized spacial score (nSPS) is 12.4. The molecule has 0 aliphatic rings. The second-order valence-corrected chi connectivity index (χ2v) is 7.45. The molecule has 108 valence electrons. The molecule has 1 heterocycles. The first-order valence-corrected chi connectivity index (χ1v) is 7.85. The molecule has 0 spiro atoms. The molecule has 3 rings (SSSR count). The average molecular weight is 301 g/mol. The molecule has 24 heavy (non-hydrogen) atoms. The van der Waals surface area contributed by atoms with Gasteiger partial charge in [0.15, 0.2) is 0 Å². The van der Waals surface area contributed by atoms with Crippen molar-refractivity contribution >= 4 is 88.5 Å². The lowest BCUT2D eigenvalue weighted by Crippen LogP contribution is -2.43. The Morgan fingerprint density at radius 3 is 1.67 bits per heavy atom. The van der Waals surface area contributed by atoms with Gasteiger partial charge in [0, 0.05) is 10.8 Å². The predicted molar refractivity (Wildman–Crippen MR) is 109 cm³/mol. The Hall–Kier alpha value is -1.44. The van der Waals surface area contributed by atoms with Crippen LogP contribution in [0.25, 0.3) is 21.9 Å². The molecule has 0 saturated carbocycles. The summed E-state index contributed by atoms with van der Waals surface area (Å²) in [5.41, 5.74) is 5.75. The van der Waals surface area contributed by atoms with Crippen LogP contribution in [0.2, 0.25) is 0 Å². The summed E-state index contributed by atoms with van der Waals surface area (Å²) in [4.78, 5) is 0. The van der Waals surface area contributed by atoms with Crippen molar-refractivity contribution in [3.63, 3.8) is 0 Å². The minimum absolute atomic E-state index is 0.253. The third-order valence-electron chi connectivity index (χ3n) is 4.88. The molecule has 1 aromatic heterocycles. The summed E-state index contributed by atoms with van der Waals surface area (Å²) < 4.78 is 6.04.